The average molecular weight is 249 g/mol. The van der Waals surface area contributed by atoms with Crippen LogP contribution in [-0.2, 0) is 12.5 Å². The van der Waals surface area contributed by atoms with Crippen molar-refractivity contribution in [1.29, 1.82) is 0 Å². The van der Waals surface area contributed by atoms with E-state index in [1.807, 2.05) is 0 Å². The zero-order chi connectivity index (χ0) is 12.6. The van der Waals surface area contributed by atoms with Gasteiger partial charge in [-0.2, -0.15) is 0 Å². The van der Waals surface area contributed by atoms with E-state index in [-0.39, 0.29) is 0 Å². The molecule has 1 saturated carbocycles. The largest absolute Gasteiger partial charge is 0.347 e. The molecule has 0 amide bonds. The van der Waals surface area contributed by atoms with Crippen LogP contribution in [0.1, 0.15) is 42.9 Å². The molecule has 0 N–H and O–H groups in total. The van der Waals surface area contributed by atoms with Gasteiger partial charge in [-0.25, -0.2) is 0 Å². The Kier molecular flexibility index (Phi) is 1.71. The molecule has 1 fully saturated rings. The van der Waals surface area contributed by atoms with Crippen LogP contribution >= 0.6 is 0 Å². The van der Waals surface area contributed by atoms with Gasteiger partial charge in [-0.3, -0.25) is 0 Å². The number of aryl methyl sites for hydroxylation is 1. The van der Waals surface area contributed by atoms with Crippen LogP contribution in [0.3, 0.4) is 0 Å². The minimum absolute atomic E-state index is 0.486. The molecule has 0 radical (unpaired) electrons. The Morgan fingerprint density at radius 1 is 1.16 bits per heavy atom. The van der Waals surface area contributed by atoms with E-state index in [9.17, 15) is 0 Å². The van der Waals surface area contributed by atoms with E-state index in [4.69, 9.17) is 0 Å². The molecular formula is C18H19N. The molecule has 1 aromatic carbocycles. The Balaban J connectivity index is 1.95. The molecule has 19 heavy (non-hydrogen) atoms. The van der Waals surface area contributed by atoms with Crippen LogP contribution < -0.4 is 0 Å². The van der Waals surface area contributed by atoms with E-state index >= 15 is 0 Å². The number of allylic oxidation sites excluding steroid dienone is 2. The number of hydrogen-bond donors (Lipinski definition) is 0. The minimum Gasteiger partial charge on any atom is -0.347 e. The Morgan fingerprint density at radius 3 is 2.79 bits per heavy atom. The number of para-hydroxylation sites is 1. The second-order valence-corrected chi connectivity index (χ2v) is 6.68. The summed E-state index contributed by atoms with van der Waals surface area (Å²) < 4.78 is 2.47. The topological polar surface area (TPSA) is 4.93 Å². The fourth-order valence-corrected chi connectivity index (χ4v) is 5.05. The van der Waals surface area contributed by atoms with Gasteiger partial charge in [0.15, 0.2) is 0 Å². The Hall–Kier alpha value is -1.50. The lowest BCUT2D eigenvalue weighted by atomic mass is 9.54. The number of rotatable bonds is 0. The molecule has 1 heterocycles. The molecule has 2 atom stereocenters. The van der Waals surface area contributed by atoms with Gasteiger partial charge in [-0.05, 0) is 36.8 Å². The van der Waals surface area contributed by atoms with Crippen LogP contribution in [-0.4, -0.2) is 4.57 Å². The molecule has 2 bridgehead atoms. The van der Waals surface area contributed by atoms with Crippen molar-refractivity contribution in [2.75, 3.05) is 0 Å². The van der Waals surface area contributed by atoms with Gasteiger partial charge in [0.25, 0.3) is 0 Å². The zero-order valence-electron chi connectivity index (χ0n) is 11.4. The fraction of sp³-hybridized carbons (Fsp3) is 0.444. The molecule has 1 nitrogen and oxygen atoms in total. The zero-order valence-corrected chi connectivity index (χ0v) is 11.4. The van der Waals surface area contributed by atoms with Gasteiger partial charge in [0.2, 0.25) is 0 Å². The fourth-order valence-electron chi connectivity index (χ4n) is 5.05. The summed E-state index contributed by atoms with van der Waals surface area (Å²) in [4.78, 5) is 0. The van der Waals surface area contributed by atoms with Gasteiger partial charge >= 0.3 is 0 Å². The molecular weight excluding hydrogens is 230 g/mol. The molecule has 0 saturated heterocycles. The monoisotopic (exact) mass is 249 g/mol. The SMILES string of the molecule is Cn1c2c(c3ccccc31)C1(CCC1)C1C=CC2C1. The molecule has 3 aliphatic carbocycles. The summed E-state index contributed by atoms with van der Waals surface area (Å²) in [5.74, 6) is 1.48. The molecule has 96 valence electrons. The van der Waals surface area contributed by atoms with Crippen LogP contribution in [0.5, 0.6) is 0 Å². The van der Waals surface area contributed by atoms with Gasteiger partial charge in [-0.15, -0.1) is 0 Å². The van der Waals surface area contributed by atoms with Crippen molar-refractivity contribution in [1.82, 2.24) is 4.57 Å². The molecule has 0 aliphatic heterocycles. The highest BCUT2D eigenvalue weighted by molar-refractivity contribution is 5.88. The van der Waals surface area contributed by atoms with Crippen molar-refractivity contribution in [3.8, 4) is 0 Å². The van der Waals surface area contributed by atoms with Crippen LogP contribution in [0.4, 0.5) is 0 Å². The van der Waals surface area contributed by atoms with E-state index in [1.165, 1.54) is 36.6 Å². The lowest BCUT2D eigenvalue weighted by molar-refractivity contribution is 0.160. The summed E-state index contributed by atoms with van der Waals surface area (Å²) in [5, 5.41) is 1.53. The maximum absolute atomic E-state index is 2.53. The van der Waals surface area contributed by atoms with Crippen molar-refractivity contribution >= 4 is 10.9 Å². The van der Waals surface area contributed by atoms with Crippen molar-refractivity contribution in [3.63, 3.8) is 0 Å². The number of aromatic nitrogens is 1. The van der Waals surface area contributed by atoms with Crippen molar-refractivity contribution in [2.24, 2.45) is 13.0 Å². The number of hydrogen-bond acceptors (Lipinski definition) is 0. The number of benzene rings is 1. The first-order valence-corrected chi connectivity index (χ1v) is 7.57. The van der Waals surface area contributed by atoms with Crippen molar-refractivity contribution < 1.29 is 0 Å². The average Bonchev–Trinajstić information content (AvgIpc) is 2.92. The molecule has 1 heteroatoms. The smallest absolute Gasteiger partial charge is 0.0483 e. The van der Waals surface area contributed by atoms with Crippen molar-refractivity contribution in [2.45, 2.75) is 37.0 Å². The van der Waals surface area contributed by atoms with E-state index < -0.39 is 0 Å². The van der Waals surface area contributed by atoms with Gasteiger partial charge in [0, 0.05) is 35.0 Å². The first-order valence-electron chi connectivity index (χ1n) is 7.57. The normalized spacial score (nSPS) is 29.7. The Morgan fingerprint density at radius 2 is 2.00 bits per heavy atom. The lowest BCUT2D eigenvalue weighted by Crippen LogP contribution is -2.43. The second-order valence-electron chi connectivity index (χ2n) is 6.68. The van der Waals surface area contributed by atoms with Gasteiger partial charge < -0.3 is 4.57 Å². The number of nitrogens with zero attached hydrogens (tertiary/aromatic N) is 1. The van der Waals surface area contributed by atoms with E-state index in [1.54, 1.807) is 11.3 Å². The highest BCUT2D eigenvalue weighted by atomic mass is 15.0. The lowest BCUT2D eigenvalue weighted by Gasteiger charge is -2.50. The summed E-state index contributed by atoms with van der Waals surface area (Å²) in [5.41, 5.74) is 5.24. The van der Waals surface area contributed by atoms with Crippen LogP contribution in [0, 0.1) is 5.92 Å². The van der Waals surface area contributed by atoms with Gasteiger partial charge in [0.1, 0.15) is 0 Å². The quantitative estimate of drug-likeness (QED) is 0.614. The van der Waals surface area contributed by atoms with E-state index in [2.05, 4.69) is 48.0 Å². The first-order chi connectivity index (χ1) is 9.31. The minimum atomic E-state index is 0.486. The third-order valence-electron chi connectivity index (χ3n) is 6.04. The molecule has 1 spiro atoms. The van der Waals surface area contributed by atoms with Gasteiger partial charge in [-0.1, -0.05) is 36.8 Å². The summed E-state index contributed by atoms with van der Waals surface area (Å²) >= 11 is 0. The molecule has 5 rings (SSSR count). The van der Waals surface area contributed by atoms with Crippen molar-refractivity contribution in [3.05, 3.63) is 47.7 Å². The second kappa shape index (κ2) is 3.15. The summed E-state index contributed by atoms with van der Waals surface area (Å²) in [6, 6.07) is 9.02. The highest BCUT2D eigenvalue weighted by Crippen LogP contribution is 2.62. The number of fused-ring (bicyclic) bond motifs is 8. The summed E-state index contributed by atoms with van der Waals surface area (Å²) in [7, 11) is 2.26. The Labute approximate surface area is 113 Å². The summed E-state index contributed by atoms with van der Waals surface area (Å²) in [6.45, 7) is 0. The van der Waals surface area contributed by atoms with Gasteiger partial charge in [0.05, 0.1) is 0 Å². The summed E-state index contributed by atoms with van der Waals surface area (Å²) in [6.07, 6.45) is 10.6. The maximum Gasteiger partial charge on any atom is 0.0483 e. The van der Waals surface area contributed by atoms with E-state index in [0.29, 0.717) is 11.3 Å². The van der Waals surface area contributed by atoms with Crippen LogP contribution in [0.15, 0.2) is 36.4 Å². The first kappa shape index (κ1) is 10.3. The predicted octanol–water partition coefficient (Wildman–Crippen LogP) is 4.27. The maximum atomic E-state index is 2.53. The molecule has 2 aromatic rings. The highest BCUT2D eigenvalue weighted by Gasteiger charge is 2.53. The Bertz CT molecular complexity index is 715. The van der Waals surface area contributed by atoms with Crippen LogP contribution in [0.25, 0.3) is 10.9 Å². The predicted molar refractivity (Wildman–Crippen MR) is 78.4 cm³/mol. The molecule has 1 aromatic heterocycles. The standard InChI is InChI=1S/C18H19N/c1-19-15-6-3-2-5-14(15)16-17(19)12-7-8-13(11-12)18(16)9-4-10-18/h2-3,5-8,12-13H,4,9-11H2,1H3. The molecule has 2 unspecified atom stereocenters. The molecule has 3 aliphatic rings. The van der Waals surface area contributed by atoms with Crippen LogP contribution in [0.2, 0.25) is 0 Å². The third kappa shape index (κ3) is 1.01. The van der Waals surface area contributed by atoms with E-state index in [0.717, 1.165) is 5.92 Å². The third-order valence-corrected chi connectivity index (χ3v) is 6.04.